The molecular weight excluding hydrogens is 322 g/mol. The van der Waals surface area contributed by atoms with Crippen molar-refractivity contribution in [3.8, 4) is 0 Å². The summed E-state index contributed by atoms with van der Waals surface area (Å²) in [5.74, 6) is -2.05. The summed E-state index contributed by atoms with van der Waals surface area (Å²) < 4.78 is 10.6. The number of nitrogens with two attached hydrogens (primary N) is 1. The zero-order chi connectivity index (χ0) is 18.0. The van der Waals surface area contributed by atoms with Crippen LogP contribution in [0.15, 0.2) is 63.8 Å². The number of hydrogen-bond donors (Lipinski definition) is 1. The van der Waals surface area contributed by atoms with E-state index in [1.165, 1.54) is 0 Å². The average Bonchev–Trinajstić information content (AvgIpc) is 2.60. The van der Waals surface area contributed by atoms with Crippen LogP contribution in [-0.4, -0.2) is 11.9 Å². The van der Waals surface area contributed by atoms with Crippen molar-refractivity contribution in [3.05, 3.63) is 81.7 Å². The van der Waals surface area contributed by atoms with E-state index in [0.717, 1.165) is 11.6 Å². The van der Waals surface area contributed by atoms with Crippen molar-refractivity contribution in [3.63, 3.8) is 0 Å². The molecule has 0 aliphatic heterocycles. The number of primary amides is 1. The van der Waals surface area contributed by atoms with Gasteiger partial charge in [-0.3, -0.25) is 9.59 Å². The fourth-order valence-corrected chi connectivity index (χ4v) is 2.45. The first-order valence-corrected chi connectivity index (χ1v) is 7.55. The van der Waals surface area contributed by atoms with E-state index in [1.54, 1.807) is 48.5 Å². The second-order valence-electron chi connectivity index (χ2n) is 5.57. The predicted molar refractivity (Wildman–Crippen MR) is 91.0 cm³/mol. The van der Waals surface area contributed by atoms with E-state index in [9.17, 15) is 14.4 Å². The molecule has 6 heteroatoms. The zero-order valence-electron chi connectivity index (χ0n) is 13.4. The summed E-state index contributed by atoms with van der Waals surface area (Å²) in [4.78, 5) is 36.2. The minimum atomic E-state index is -1.27. The maximum absolute atomic E-state index is 12.3. The Morgan fingerprint density at radius 1 is 1.08 bits per heavy atom. The predicted octanol–water partition coefficient (Wildman–Crippen LogP) is 2.48. The Balaban J connectivity index is 1.95. The van der Waals surface area contributed by atoms with Crippen LogP contribution >= 0.6 is 0 Å². The zero-order valence-corrected chi connectivity index (χ0v) is 13.4. The number of amides is 1. The molecule has 25 heavy (non-hydrogen) atoms. The van der Waals surface area contributed by atoms with Crippen LogP contribution in [0.4, 0.5) is 0 Å². The van der Waals surface area contributed by atoms with E-state index in [0.29, 0.717) is 10.9 Å². The Bertz CT molecular complexity index is 1010. The van der Waals surface area contributed by atoms with Gasteiger partial charge in [-0.05, 0) is 19.1 Å². The number of fused-ring (bicyclic) bond motifs is 1. The van der Waals surface area contributed by atoms with Crippen molar-refractivity contribution >= 4 is 22.8 Å². The van der Waals surface area contributed by atoms with Gasteiger partial charge in [-0.15, -0.1) is 0 Å². The maximum Gasteiger partial charge on any atom is 0.375 e. The van der Waals surface area contributed by atoms with E-state index >= 15 is 0 Å². The highest BCUT2D eigenvalue weighted by atomic mass is 16.6. The van der Waals surface area contributed by atoms with Crippen LogP contribution in [0.2, 0.25) is 0 Å². The molecule has 1 heterocycles. The Labute approximate surface area is 142 Å². The third-order valence-corrected chi connectivity index (χ3v) is 3.67. The second-order valence-corrected chi connectivity index (χ2v) is 5.57. The molecular formula is C19H15NO5. The molecule has 1 atom stereocenters. The monoisotopic (exact) mass is 337 g/mol. The van der Waals surface area contributed by atoms with Crippen molar-refractivity contribution in [2.45, 2.75) is 13.0 Å². The number of carbonyl (C=O) groups excluding carboxylic acids is 2. The molecule has 6 nitrogen and oxygen atoms in total. The van der Waals surface area contributed by atoms with Gasteiger partial charge in [-0.25, -0.2) is 4.79 Å². The van der Waals surface area contributed by atoms with Crippen molar-refractivity contribution in [2.24, 2.45) is 5.73 Å². The quantitative estimate of drug-likeness (QED) is 0.737. The summed E-state index contributed by atoms with van der Waals surface area (Å²) in [5, 5.41) is 0.367. The molecule has 0 saturated carbocycles. The van der Waals surface area contributed by atoms with E-state index < -0.39 is 18.0 Å². The van der Waals surface area contributed by atoms with E-state index in [4.69, 9.17) is 14.9 Å². The average molecular weight is 337 g/mol. The van der Waals surface area contributed by atoms with Crippen LogP contribution in [-0.2, 0) is 9.53 Å². The third kappa shape index (κ3) is 3.42. The van der Waals surface area contributed by atoms with Gasteiger partial charge < -0.3 is 14.9 Å². The molecule has 0 aliphatic carbocycles. The molecule has 3 aromatic rings. The van der Waals surface area contributed by atoms with Crippen LogP contribution in [0.3, 0.4) is 0 Å². The van der Waals surface area contributed by atoms with Gasteiger partial charge in [0.2, 0.25) is 11.9 Å². The molecule has 1 aromatic heterocycles. The lowest BCUT2D eigenvalue weighted by atomic mass is 10.1. The molecule has 2 N–H and O–H groups in total. The molecule has 0 fully saturated rings. The lowest BCUT2D eigenvalue weighted by Crippen LogP contribution is -2.26. The smallest absolute Gasteiger partial charge is 0.375 e. The minimum Gasteiger partial charge on any atom is -0.449 e. The molecule has 1 unspecified atom stereocenters. The first kappa shape index (κ1) is 16.4. The molecule has 0 bridgehead atoms. The van der Waals surface area contributed by atoms with Crippen LogP contribution in [0, 0.1) is 6.92 Å². The molecule has 0 aliphatic rings. The van der Waals surface area contributed by atoms with Gasteiger partial charge in [0.1, 0.15) is 5.58 Å². The van der Waals surface area contributed by atoms with Gasteiger partial charge in [-0.1, -0.05) is 42.0 Å². The normalized spacial score (nSPS) is 11.9. The van der Waals surface area contributed by atoms with Gasteiger partial charge in [-0.2, -0.15) is 0 Å². The van der Waals surface area contributed by atoms with Crippen LogP contribution in [0.1, 0.15) is 27.8 Å². The molecule has 0 spiro atoms. The fourth-order valence-electron chi connectivity index (χ4n) is 2.45. The molecule has 1 amide bonds. The third-order valence-electron chi connectivity index (χ3n) is 3.67. The first-order valence-electron chi connectivity index (χ1n) is 7.55. The lowest BCUT2D eigenvalue weighted by molar-refractivity contribution is -0.127. The number of esters is 1. The van der Waals surface area contributed by atoms with Crippen LogP contribution in [0.25, 0.3) is 11.0 Å². The van der Waals surface area contributed by atoms with E-state index in [2.05, 4.69) is 0 Å². The summed E-state index contributed by atoms with van der Waals surface area (Å²) in [6.07, 6.45) is -1.27. The highest BCUT2D eigenvalue weighted by molar-refractivity contribution is 5.91. The number of benzene rings is 2. The molecule has 2 aromatic carbocycles. The number of rotatable bonds is 4. The minimum absolute atomic E-state index is 0.264. The SMILES string of the molecule is Cc1ccc2oc(C(=O)OC(C(N)=O)c3ccccc3)cc(=O)c2c1. The number of hydrogen-bond acceptors (Lipinski definition) is 5. The van der Waals surface area contributed by atoms with Gasteiger partial charge in [0.15, 0.2) is 5.43 Å². The first-order chi connectivity index (χ1) is 12.0. The highest BCUT2D eigenvalue weighted by Crippen LogP contribution is 2.20. The van der Waals surface area contributed by atoms with Gasteiger partial charge >= 0.3 is 5.97 Å². The summed E-state index contributed by atoms with van der Waals surface area (Å²) >= 11 is 0. The van der Waals surface area contributed by atoms with Crippen molar-refractivity contribution < 1.29 is 18.7 Å². The number of carbonyl (C=O) groups is 2. The number of ether oxygens (including phenoxy) is 1. The van der Waals surface area contributed by atoms with Crippen molar-refractivity contribution in [1.29, 1.82) is 0 Å². The topological polar surface area (TPSA) is 99.6 Å². The maximum atomic E-state index is 12.3. The molecule has 3 rings (SSSR count). The van der Waals surface area contributed by atoms with E-state index in [-0.39, 0.29) is 16.8 Å². The largest absolute Gasteiger partial charge is 0.449 e. The Kier molecular flexibility index (Phi) is 4.35. The van der Waals surface area contributed by atoms with Gasteiger partial charge in [0, 0.05) is 11.6 Å². The summed E-state index contributed by atoms with van der Waals surface area (Å²) in [6.45, 7) is 1.85. The molecule has 0 saturated heterocycles. The standard InChI is InChI=1S/C19H15NO5/c1-11-7-8-15-13(9-11)14(21)10-16(24-15)19(23)25-17(18(20)22)12-5-3-2-4-6-12/h2-10,17H,1H3,(H2,20,22). The molecule has 126 valence electrons. The van der Waals surface area contributed by atoms with Crippen molar-refractivity contribution in [2.75, 3.05) is 0 Å². The Hall–Kier alpha value is -3.41. The van der Waals surface area contributed by atoms with Crippen LogP contribution < -0.4 is 11.2 Å². The lowest BCUT2D eigenvalue weighted by Gasteiger charge is -2.14. The van der Waals surface area contributed by atoms with E-state index in [1.807, 2.05) is 6.92 Å². The summed E-state index contributed by atoms with van der Waals surface area (Å²) in [5.41, 5.74) is 6.55. The Morgan fingerprint density at radius 2 is 1.80 bits per heavy atom. The summed E-state index contributed by atoms with van der Waals surface area (Å²) in [6, 6.07) is 14.5. The molecule has 0 radical (unpaired) electrons. The number of aryl methyl sites for hydroxylation is 1. The highest BCUT2D eigenvalue weighted by Gasteiger charge is 2.25. The van der Waals surface area contributed by atoms with Crippen LogP contribution in [0.5, 0.6) is 0 Å². The summed E-state index contributed by atoms with van der Waals surface area (Å²) in [7, 11) is 0. The van der Waals surface area contributed by atoms with Gasteiger partial charge in [0.25, 0.3) is 5.91 Å². The second kappa shape index (κ2) is 6.60. The van der Waals surface area contributed by atoms with Crippen molar-refractivity contribution in [1.82, 2.24) is 0 Å². The Morgan fingerprint density at radius 3 is 2.48 bits per heavy atom. The van der Waals surface area contributed by atoms with Gasteiger partial charge in [0.05, 0.1) is 5.39 Å². The fraction of sp³-hybridized carbons (Fsp3) is 0.105.